The van der Waals surface area contributed by atoms with E-state index in [1.54, 1.807) is 12.1 Å². The minimum absolute atomic E-state index is 0.0864. The lowest BCUT2D eigenvalue weighted by molar-refractivity contribution is -0.384. The summed E-state index contributed by atoms with van der Waals surface area (Å²) in [6, 6.07) is 9.14. The predicted octanol–water partition coefficient (Wildman–Crippen LogP) is 4.45. The fourth-order valence-electron chi connectivity index (χ4n) is 2.41. The maximum absolute atomic E-state index is 11.5. The molecule has 2 aromatic carbocycles. The molecule has 0 spiro atoms. The second-order valence-corrected chi connectivity index (χ2v) is 5.66. The fourth-order valence-corrected chi connectivity index (χ4v) is 2.62. The number of nitrogens with zero attached hydrogens (tertiary/aromatic N) is 1. The first kappa shape index (κ1) is 15.3. The molecule has 0 bridgehead atoms. The van der Waals surface area contributed by atoms with Crippen molar-refractivity contribution in [2.24, 2.45) is 0 Å². The Kier molecular flexibility index (Phi) is 3.92. The third kappa shape index (κ3) is 3.12. The topological polar surface area (TPSA) is 78.7 Å². The Balaban J connectivity index is 1.88. The van der Waals surface area contributed by atoms with E-state index in [4.69, 9.17) is 21.1 Å². The molecule has 0 aromatic heterocycles. The molecule has 0 saturated carbocycles. The van der Waals surface area contributed by atoms with Gasteiger partial charge in [-0.25, -0.2) is 0 Å². The van der Waals surface area contributed by atoms with Crippen LogP contribution in [-0.4, -0.2) is 10.9 Å². The molecular weight excluding hydrogens is 322 g/mol. The number of esters is 1. The van der Waals surface area contributed by atoms with Crippen molar-refractivity contribution in [3.05, 3.63) is 57.1 Å². The fraction of sp³-hybridized carbons (Fsp3) is 0.188. The molecule has 2 aromatic rings. The van der Waals surface area contributed by atoms with Gasteiger partial charge in [0.1, 0.15) is 17.2 Å². The number of nitro benzene ring substituents is 1. The van der Waals surface area contributed by atoms with E-state index in [2.05, 4.69) is 0 Å². The zero-order chi connectivity index (χ0) is 16.6. The van der Waals surface area contributed by atoms with E-state index in [9.17, 15) is 14.9 Å². The van der Waals surface area contributed by atoms with Crippen LogP contribution in [0.3, 0.4) is 0 Å². The molecule has 1 aliphatic rings. The number of carbonyl (C=O) groups excluding carboxylic acids is 1. The van der Waals surface area contributed by atoms with Gasteiger partial charge in [-0.3, -0.25) is 14.9 Å². The van der Waals surface area contributed by atoms with Crippen molar-refractivity contribution in [1.29, 1.82) is 0 Å². The molecule has 3 rings (SSSR count). The maximum Gasteiger partial charge on any atom is 0.311 e. The van der Waals surface area contributed by atoms with Gasteiger partial charge in [-0.15, -0.1) is 0 Å². The molecule has 0 fully saturated rings. The van der Waals surface area contributed by atoms with Crippen LogP contribution in [0.5, 0.6) is 17.2 Å². The number of carbonyl (C=O) groups is 1. The van der Waals surface area contributed by atoms with Gasteiger partial charge in [-0.05, 0) is 23.6 Å². The second-order valence-electron chi connectivity index (χ2n) is 5.25. The van der Waals surface area contributed by atoms with Gasteiger partial charge in [0.25, 0.3) is 5.69 Å². The van der Waals surface area contributed by atoms with Gasteiger partial charge in [-0.2, -0.15) is 0 Å². The summed E-state index contributed by atoms with van der Waals surface area (Å²) in [5, 5.41) is 10.8. The summed E-state index contributed by atoms with van der Waals surface area (Å²) in [5.74, 6) is 0.983. The number of non-ortho nitro benzene ring substituents is 1. The number of rotatable bonds is 3. The molecule has 1 atom stereocenters. The van der Waals surface area contributed by atoms with Crippen molar-refractivity contribution in [2.75, 3.05) is 0 Å². The first-order valence-corrected chi connectivity index (χ1v) is 7.28. The Morgan fingerprint density at radius 3 is 2.78 bits per heavy atom. The molecule has 1 unspecified atom stereocenters. The molecule has 0 aliphatic carbocycles. The van der Waals surface area contributed by atoms with E-state index in [0.717, 1.165) is 5.56 Å². The van der Waals surface area contributed by atoms with Crippen molar-refractivity contribution in [2.45, 2.75) is 19.3 Å². The van der Waals surface area contributed by atoms with E-state index < -0.39 is 4.92 Å². The van der Waals surface area contributed by atoms with Crippen LogP contribution in [0.4, 0.5) is 5.69 Å². The average Bonchev–Trinajstić information content (AvgIpc) is 2.48. The maximum atomic E-state index is 11.5. The zero-order valence-corrected chi connectivity index (χ0v) is 12.9. The van der Waals surface area contributed by atoms with Crippen LogP contribution in [0.25, 0.3) is 0 Å². The quantitative estimate of drug-likeness (QED) is 0.359. The summed E-state index contributed by atoms with van der Waals surface area (Å²) in [6.45, 7) is 1.95. The first-order valence-electron chi connectivity index (χ1n) is 6.90. The molecule has 0 amide bonds. The standard InChI is InChI=1S/C16H12ClNO5/c1-9-6-16(19)23-15-8-11(3-4-12(9)15)22-14-5-2-10(18(20)21)7-13(14)17/h2-5,7-9H,6H2,1H3. The van der Waals surface area contributed by atoms with Gasteiger partial charge < -0.3 is 9.47 Å². The zero-order valence-electron chi connectivity index (χ0n) is 12.1. The highest BCUT2D eigenvalue weighted by molar-refractivity contribution is 6.32. The van der Waals surface area contributed by atoms with E-state index in [1.165, 1.54) is 18.2 Å². The number of nitro groups is 1. The smallest absolute Gasteiger partial charge is 0.311 e. The number of benzene rings is 2. The van der Waals surface area contributed by atoms with Gasteiger partial charge in [0.2, 0.25) is 0 Å². The predicted molar refractivity (Wildman–Crippen MR) is 83.3 cm³/mol. The van der Waals surface area contributed by atoms with Crippen LogP contribution in [0.15, 0.2) is 36.4 Å². The molecule has 1 aliphatic heterocycles. The molecule has 0 saturated heterocycles. The third-order valence-corrected chi connectivity index (χ3v) is 3.86. The molecule has 6 nitrogen and oxygen atoms in total. The monoisotopic (exact) mass is 333 g/mol. The van der Waals surface area contributed by atoms with Crippen molar-refractivity contribution < 1.29 is 19.2 Å². The highest BCUT2D eigenvalue weighted by Gasteiger charge is 2.24. The molecule has 1 heterocycles. The summed E-state index contributed by atoms with van der Waals surface area (Å²) in [5.41, 5.74) is 0.822. The van der Waals surface area contributed by atoms with Crippen LogP contribution in [-0.2, 0) is 4.79 Å². The van der Waals surface area contributed by atoms with Crippen LogP contribution in [0.1, 0.15) is 24.8 Å². The Morgan fingerprint density at radius 1 is 1.30 bits per heavy atom. The van der Waals surface area contributed by atoms with Gasteiger partial charge in [0, 0.05) is 18.2 Å². The lowest BCUT2D eigenvalue weighted by atomic mass is 9.95. The molecule has 118 valence electrons. The molecule has 0 N–H and O–H groups in total. The van der Waals surface area contributed by atoms with E-state index in [-0.39, 0.29) is 28.3 Å². The summed E-state index contributed by atoms with van der Waals surface area (Å²) in [4.78, 5) is 21.7. The highest BCUT2D eigenvalue weighted by Crippen LogP contribution is 2.39. The first-order chi connectivity index (χ1) is 10.9. The lowest BCUT2D eigenvalue weighted by Gasteiger charge is -2.21. The summed E-state index contributed by atoms with van der Waals surface area (Å²) in [7, 11) is 0. The second kappa shape index (κ2) is 5.89. The Hall–Kier alpha value is -2.60. The van der Waals surface area contributed by atoms with Gasteiger partial charge in [0.05, 0.1) is 16.4 Å². The largest absolute Gasteiger partial charge is 0.456 e. The number of hydrogen-bond donors (Lipinski definition) is 0. The normalized spacial score (nSPS) is 16.4. The summed E-state index contributed by atoms with van der Waals surface area (Å²) >= 11 is 6.00. The van der Waals surface area contributed by atoms with Crippen LogP contribution in [0, 0.1) is 10.1 Å². The Labute approximate surface area is 136 Å². The van der Waals surface area contributed by atoms with Crippen LogP contribution in [0.2, 0.25) is 5.02 Å². The third-order valence-electron chi connectivity index (χ3n) is 3.57. The van der Waals surface area contributed by atoms with Crippen molar-refractivity contribution in [3.63, 3.8) is 0 Å². The average molecular weight is 334 g/mol. The van der Waals surface area contributed by atoms with E-state index in [0.29, 0.717) is 17.9 Å². The number of halogens is 1. The summed E-state index contributed by atoms with van der Waals surface area (Å²) in [6.07, 6.45) is 0.349. The van der Waals surface area contributed by atoms with E-state index in [1.807, 2.05) is 13.0 Å². The molecule has 0 radical (unpaired) electrons. The van der Waals surface area contributed by atoms with Crippen LogP contribution >= 0.6 is 11.6 Å². The minimum Gasteiger partial charge on any atom is -0.456 e. The molecular formula is C16H12ClNO5. The van der Waals surface area contributed by atoms with E-state index >= 15 is 0 Å². The highest BCUT2D eigenvalue weighted by atomic mass is 35.5. The van der Waals surface area contributed by atoms with Gasteiger partial charge in [0.15, 0.2) is 0 Å². The summed E-state index contributed by atoms with van der Waals surface area (Å²) < 4.78 is 10.9. The van der Waals surface area contributed by atoms with Crippen molar-refractivity contribution in [3.8, 4) is 17.2 Å². The molecule has 23 heavy (non-hydrogen) atoms. The van der Waals surface area contributed by atoms with Crippen LogP contribution < -0.4 is 9.47 Å². The van der Waals surface area contributed by atoms with Gasteiger partial charge in [-0.1, -0.05) is 24.6 Å². The van der Waals surface area contributed by atoms with Gasteiger partial charge >= 0.3 is 5.97 Å². The van der Waals surface area contributed by atoms with Crippen molar-refractivity contribution in [1.82, 2.24) is 0 Å². The SMILES string of the molecule is CC1CC(=O)Oc2cc(Oc3ccc([N+](=O)[O-])cc3Cl)ccc21. The minimum atomic E-state index is -0.532. The van der Waals surface area contributed by atoms with Crippen molar-refractivity contribution >= 4 is 23.3 Å². The number of ether oxygens (including phenoxy) is 2. The number of fused-ring (bicyclic) bond motifs is 1. The Bertz CT molecular complexity index is 805. The lowest BCUT2D eigenvalue weighted by Crippen LogP contribution is -2.18. The molecule has 7 heteroatoms. The number of hydrogen-bond acceptors (Lipinski definition) is 5. The Morgan fingerprint density at radius 2 is 2.09 bits per heavy atom.